The summed E-state index contributed by atoms with van der Waals surface area (Å²) < 4.78 is 13.6. The van der Waals surface area contributed by atoms with Crippen LogP contribution in [0.25, 0.3) is 0 Å². The molecule has 1 aromatic heterocycles. The third kappa shape index (κ3) is 6.57. The van der Waals surface area contributed by atoms with E-state index in [9.17, 15) is 5.11 Å². The second-order valence-electron chi connectivity index (χ2n) is 8.26. The summed E-state index contributed by atoms with van der Waals surface area (Å²) >= 11 is 0. The molecule has 3 aromatic rings. The van der Waals surface area contributed by atoms with Gasteiger partial charge in [0.1, 0.15) is 23.7 Å². The van der Waals surface area contributed by atoms with Crippen LogP contribution in [0, 0.1) is 0 Å². The first-order chi connectivity index (χ1) is 15.2. The Morgan fingerprint density at radius 3 is 2.55 bits per heavy atom. The summed E-state index contributed by atoms with van der Waals surface area (Å²) in [5.74, 6) is 1.68. The lowest BCUT2D eigenvalue weighted by Gasteiger charge is -2.39. The molecule has 1 aliphatic heterocycles. The standard InChI is InChI=1S/C25H31N3O3/c29-25(21-31-23-7-2-1-3-8-23)13-4-15-27(20-25)19-22-9-11-24(12-10-22)30-18-6-17-28-16-5-14-26-28/h1-3,5,7-12,14,16,29H,4,6,13,15,17-21H2/t25-/m1/s1. The molecule has 1 N–H and O–H groups in total. The van der Waals surface area contributed by atoms with Gasteiger partial charge in [0.2, 0.25) is 0 Å². The Hall–Kier alpha value is -2.83. The van der Waals surface area contributed by atoms with Crippen molar-refractivity contribution in [2.75, 3.05) is 26.3 Å². The minimum atomic E-state index is -0.814. The third-order valence-electron chi connectivity index (χ3n) is 5.57. The summed E-state index contributed by atoms with van der Waals surface area (Å²) in [5, 5.41) is 15.2. The van der Waals surface area contributed by atoms with Gasteiger partial charge in [0.15, 0.2) is 0 Å². The van der Waals surface area contributed by atoms with Crippen LogP contribution in [0.2, 0.25) is 0 Å². The van der Waals surface area contributed by atoms with E-state index < -0.39 is 5.60 Å². The topological polar surface area (TPSA) is 59.8 Å². The fourth-order valence-electron chi connectivity index (χ4n) is 3.99. The van der Waals surface area contributed by atoms with Gasteiger partial charge in [-0.25, -0.2) is 0 Å². The summed E-state index contributed by atoms with van der Waals surface area (Å²) in [6.45, 7) is 4.26. The Kier molecular flexibility index (Phi) is 7.22. The van der Waals surface area contributed by atoms with Crippen molar-refractivity contribution in [1.29, 1.82) is 0 Å². The Bertz CT molecular complexity index is 900. The number of aliphatic hydroxyl groups is 1. The fourth-order valence-corrected chi connectivity index (χ4v) is 3.99. The van der Waals surface area contributed by atoms with E-state index in [1.54, 1.807) is 6.20 Å². The van der Waals surface area contributed by atoms with Gasteiger partial charge >= 0.3 is 0 Å². The van der Waals surface area contributed by atoms with Gasteiger partial charge in [-0.2, -0.15) is 5.10 Å². The maximum atomic E-state index is 11.0. The van der Waals surface area contributed by atoms with Crippen LogP contribution >= 0.6 is 0 Å². The molecule has 1 fully saturated rings. The fraction of sp³-hybridized carbons (Fsp3) is 0.400. The monoisotopic (exact) mass is 421 g/mol. The van der Waals surface area contributed by atoms with Crippen LogP contribution in [-0.2, 0) is 13.1 Å². The molecule has 4 rings (SSSR count). The van der Waals surface area contributed by atoms with Gasteiger partial charge in [0.25, 0.3) is 0 Å². The smallest absolute Gasteiger partial charge is 0.119 e. The molecule has 0 spiro atoms. The van der Waals surface area contributed by atoms with Crippen LogP contribution in [0.4, 0.5) is 0 Å². The zero-order valence-corrected chi connectivity index (χ0v) is 17.9. The van der Waals surface area contributed by atoms with Crippen molar-refractivity contribution in [3.05, 3.63) is 78.6 Å². The third-order valence-corrected chi connectivity index (χ3v) is 5.57. The molecule has 0 saturated carbocycles. The first kappa shape index (κ1) is 21.4. The van der Waals surface area contributed by atoms with E-state index in [2.05, 4.69) is 22.1 Å². The minimum Gasteiger partial charge on any atom is -0.494 e. The Morgan fingerprint density at radius 2 is 1.77 bits per heavy atom. The average molecular weight is 422 g/mol. The number of rotatable bonds is 10. The predicted molar refractivity (Wildman–Crippen MR) is 120 cm³/mol. The quantitative estimate of drug-likeness (QED) is 0.505. The largest absolute Gasteiger partial charge is 0.494 e. The molecular formula is C25H31N3O3. The highest BCUT2D eigenvalue weighted by Gasteiger charge is 2.34. The van der Waals surface area contributed by atoms with E-state index in [4.69, 9.17) is 9.47 Å². The molecule has 164 valence electrons. The Balaban J connectivity index is 1.21. The van der Waals surface area contributed by atoms with Crippen LogP contribution in [0.5, 0.6) is 11.5 Å². The number of ether oxygens (including phenoxy) is 2. The van der Waals surface area contributed by atoms with Gasteiger partial charge in [0.05, 0.1) is 6.61 Å². The molecule has 0 unspecified atom stereocenters. The van der Waals surface area contributed by atoms with Gasteiger partial charge in [-0.1, -0.05) is 30.3 Å². The molecule has 0 aliphatic carbocycles. The minimum absolute atomic E-state index is 0.318. The summed E-state index contributed by atoms with van der Waals surface area (Å²) in [7, 11) is 0. The molecule has 1 atom stereocenters. The number of para-hydroxylation sites is 1. The number of β-amino-alcohol motifs (C(OH)–C–C–N with tert-alkyl or cyclic N) is 1. The van der Waals surface area contributed by atoms with E-state index in [-0.39, 0.29) is 0 Å². The van der Waals surface area contributed by atoms with E-state index in [0.717, 1.165) is 50.4 Å². The van der Waals surface area contributed by atoms with Crippen LogP contribution < -0.4 is 9.47 Å². The number of likely N-dealkylation sites (tertiary alicyclic amines) is 1. The molecule has 2 heterocycles. The normalized spacial score (nSPS) is 19.3. The highest BCUT2D eigenvalue weighted by atomic mass is 16.5. The van der Waals surface area contributed by atoms with E-state index in [0.29, 0.717) is 19.8 Å². The number of hydrogen-bond donors (Lipinski definition) is 1. The average Bonchev–Trinajstić information content (AvgIpc) is 3.31. The van der Waals surface area contributed by atoms with Crippen LogP contribution in [0.1, 0.15) is 24.8 Å². The molecule has 6 nitrogen and oxygen atoms in total. The highest BCUT2D eigenvalue weighted by molar-refractivity contribution is 5.27. The highest BCUT2D eigenvalue weighted by Crippen LogP contribution is 2.24. The van der Waals surface area contributed by atoms with Crippen molar-refractivity contribution in [3.8, 4) is 11.5 Å². The number of benzene rings is 2. The van der Waals surface area contributed by atoms with Crippen LogP contribution in [0.3, 0.4) is 0 Å². The number of piperidine rings is 1. The number of nitrogens with zero attached hydrogens (tertiary/aromatic N) is 3. The lowest BCUT2D eigenvalue weighted by molar-refractivity contribution is -0.0621. The van der Waals surface area contributed by atoms with Crippen molar-refractivity contribution in [1.82, 2.24) is 14.7 Å². The molecule has 6 heteroatoms. The molecule has 0 radical (unpaired) electrons. The van der Waals surface area contributed by atoms with Crippen molar-refractivity contribution >= 4 is 0 Å². The maximum Gasteiger partial charge on any atom is 0.119 e. The van der Waals surface area contributed by atoms with Crippen molar-refractivity contribution in [2.24, 2.45) is 0 Å². The number of aryl methyl sites for hydroxylation is 1. The molecule has 0 bridgehead atoms. The van der Waals surface area contributed by atoms with Crippen molar-refractivity contribution in [3.63, 3.8) is 0 Å². The van der Waals surface area contributed by atoms with Gasteiger partial charge in [0, 0.05) is 38.4 Å². The Morgan fingerprint density at radius 1 is 0.968 bits per heavy atom. The van der Waals surface area contributed by atoms with E-state index in [1.165, 1.54) is 5.56 Å². The zero-order valence-electron chi connectivity index (χ0n) is 17.9. The van der Waals surface area contributed by atoms with Gasteiger partial charge in [-0.3, -0.25) is 9.58 Å². The zero-order chi connectivity index (χ0) is 21.4. The van der Waals surface area contributed by atoms with Crippen molar-refractivity contribution < 1.29 is 14.6 Å². The van der Waals surface area contributed by atoms with Gasteiger partial charge < -0.3 is 14.6 Å². The number of aromatic nitrogens is 2. The van der Waals surface area contributed by atoms with Crippen LogP contribution in [-0.4, -0.2) is 51.7 Å². The molecule has 31 heavy (non-hydrogen) atoms. The molecule has 0 amide bonds. The number of hydrogen-bond acceptors (Lipinski definition) is 5. The SMILES string of the molecule is O[C@]1(COc2ccccc2)CCCN(Cc2ccc(OCCCn3cccn3)cc2)C1. The molecule has 2 aromatic carbocycles. The predicted octanol–water partition coefficient (Wildman–Crippen LogP) is 3.76. The lowest BCUT2D eigenvalue weighted by atomic mass is 9.93. The summed E-state index contributed by atoms with van der Waals surface area (Å²) in [6.07, 6.45) is 6.40. The van der Waals surface area contributed by atoms with Crippen LogP contribution in [0.15, 0.2) is 73.1 Å². The summed E-state index contributed by atoms with van der Waals surface area (Å²) in [4.78, 5) is 2.30. The first-order valence-electron chi connectivity index (χ1n) is 11.0. The van der Waals surface area contributed by atoms with Gasteiger partial charge in [-0.05, 0) is 55.3 Å². The summed E-state index contributed by atoms with van der Waals surface area (Å²) in [5.41, 5.74) is 0.406. The van der Waals surface area contributed by atoms with E-state index in [1.807, 2.05) is 59.4 Å². The molecular weight excluding hydrogens is 390 g/mol. The second kappa shape index (κ2) is 10.5. The van der Waals surface area contributed by atoms with Crippen molar-refractivity contribution in [2.45, 2.75) is 38.0 Å². The molecule has 1 saturated heterocycles. The molecule has 1 aliphatic rings. The lowest BCUT2D eigenvalue weighted by Crippen LogP contribution is -2.51. The first-order valence-corrected chi connectivity index (χ1v) is 11.0. The maximum absolute atomic E-state index is 11.0. The Labute approximate surface area is 184 Å². The summed E-state index contributed by atoms with van der Waals surface area (Å²) in [6, 6.07) is 19.9. The second-order valence-corrected chi connectivity index (χ2v) is 8.26. The van der Waals surface area contributed by atoms with E-state index >= 15 is 0 Å². The van der Waals surface area contributed by atoms with Gasteiger partial charge in [-0.15, -0.1) is 0 Å².